The Morgan fingerprint density at radius 3 is 2.30 bits per heavy atom. The molecule has 1 unspecified atom stereocenters. The Balaban J connectivity index is 1.64. The van der Waals surface area contributed by atoms with Gasteiger partial charge in [0.2, 0.25) is 0 Å². The van der Waals surface area contributed by atoms with Crippen LogP contribution in [0.3, 0.4) is 0 Å². The van der Waals surface area contributed by atoms with E-state index in [1.54, 1.807) is 18.2 Å². The van der Waals surface area contributed by atoms with Crippen molar-refractivity contribution in [2.75, 3.05) is 19.3 Å². The van der Waals surface area contributed by atoms with Gasteiger partial charge in [-0.15, -0.1) is 5.06 Å². The lowest BCUT2D eigenvalue weighted by atomic mass is 10.0. The predicted molar refractivity (Wildman–Crippen MR) is 106 cm³/mol. The van der Waals surface area contributed by atoms with E-state index >= 15 is 0 Å². The van der Waals surface area contributed by atoms with E-state index in [1.807, 2.05) is 6.07 Å². The molecule has 1 fully saturated rings. The van der Waals surface area contributed by atoms with Crippen molar-refractivity contribution in [1.29, 1.82) is 0 Å². The van der Waals surface area contributed by atoms with Gasteiger partial charge in [0.25, 0.3) is 0 Å². The van der Waals surface area contributed by atoms with E-state index < -0.39 is 9.84 Å². The molecule has 0 saturated carbocycles. The first-order valence-corrected chi connectivity index (χ1v) is 11.4. The first-order chi connectivity index (χ1) is 13.0. The number of benzene rings is 2. The normalized spacial score (nSPS) is 20.6. The molecule has 1 atom stereocenters. The van der Waals surface area contributed by atoms with Crippen molar-refractivity contribution in [3.05, 3.63) is 59.7 Å². The Labute approximate surface area is 161 Å². The van der Waals surface area contributed by atoms with Gasteiger partial charge >= 0.3 is 0 Å². The van der Waals surface area contributed by atoms with Crippen LogP contribution in [0.15, 0.2) is 53.4 Å². The minimum Gasteiger partial charge on any atom is -0.404 e. The molecule has 27 heavy (non-hydrogen) atoms. The van der Waals surface area contributed by atoms with Gasteiger partial charge in [0.15, 0.2) is 15.6 Å². The maximum atomic E-state index is 12.2. The number of fused-ring (bicyclic) bond motifs is 1. The summed E-state index contributed by atoms with van der Waals surface area (Å²) in [7, 11) is -3.35. The number of sulfone groups is 1. The van der Waals surface area contributed by atoms with Gasteiger partial charge in [-0.3, -0.25) is 0 Å². The number of hydrogen-bond acceptors (Lipinski definition) is 5. The predicted octanol–water partition coefficient (Wildman–Crippen LogP) is 2.61. The summed E-state index contributed by atoms with van der Waals surface area (Å²) in [6.45, 7) is 1.88. The molecule has 1 aliphatic carbocycles. The molecular formula is C21H26N2O3S. The Morgan fingerprint density at radius 1 is 1.00 bits per heavy atom. The second kappa shape index (κ2) is 7.62. The van der Waals surface area contributed by atoms with Crippen LogP contribution in [0.4, 0.5) is 0 Å². The molecule has 5 nitrogen and oxygen atoms in total. The summed E-state index contributed by atoms with van der Waals surface area (Å²) in [5.41, 5.74) is 2.72. The van der Waals surface area contributed by atoms with Gasteiger partial charge in [-0.05, 0) is 55.5 Å². The molecule has 1 aliphatic heterocycles. The molecule has 0 aromatic heterocycles. The molecule has 4 rings (SSSR count). The molecule has 6 heteroatoms. The monoisotopic (exact) mass is 386 g/mol. The third kappa shape index (κ3) is 4.03. The van der Waals surface area contributed by atoms with Crippen molar-refractivity contribution in [2.45, 2.75) is 42.7 Å². The van der Waals surface area contributed by atoms with E-state index in [1.165, 1.54) is 17.4 Å². The number of nitrogens with zero attached hydrogens (tertiary/aromatic N) is 1. The number of nitrogens with one attached hydrogen (secondary N) is 1. The van der Waals surface area contributed by atoms with Crippen molar-refractivity contribution in [3.63, 3.8) is 0 Å². The summed E-state index contributed by atoms with van der Waals surface area (Å²) in [6.07, 6.45) is 5.22. The van der Waals surface area contributed by atoms with Gasteiger partial charge in [0, 0.05) is 12.8 Å². The molecule has 0 spiro atoms. The zero-order valence-electron chi connectivity index (χ0n) is 15.6. The van der Waals surface area contributed by atoms with Gasteiger partial charge < -0.3 is 10.2 Å². The lowest BCUT2D eigenvalue weighted by Gasteiger charge is -2.37. The van der Waals surface area contributed by atoms with Crippen LogP contribution in [0.25, 0.3) is 0 Å². The van der Waals surface area contributed by atoms with Crippen LogP contribution in [0.5, 0.6) is 5.75 Å². The maximum Gasteiger partial charge on any atom is 0.179 e. The minimum atomic E-state index is -3.35. The fourth-order valence-corrected chi connectivity index (χ4v) is 4.96. The molecule has 1 heterocycles. The van der Waals surface area contributed by atoms with Crippen molar-refractivity contribution in [2.24, 2.45) is 0 Å². The van der Waals surface area contributed by atoms with Crippen LogP contribution in [-0.4, -0.2) is 44.9 Å². The Hall–Kier alpha value is -1.89. The van der Waals surface area contributed by atoms with E-state index in [0.717, 1.165) is 38.8 Å². The summed E-state index contributed by atoms with van der Waals surface area (Å²) in [5, 5.41) is 5.52. The summed E-state index contributed by atoms with van der Waals surface area (Å²) in [6, 6.07) is 15.9. The largest absolute Gasteiger partial charge is 0.404 e. The summed E-state index contributed by atoms with van der Waals surface area (Å²) in [4.78, 5) is 6.59. The first kappa shape index (κ1) is 18.5. The van der Waals surface area contributed by atoms with E-state index in [2.05, 4.69) is 34.6 Å². The van der Waals surface area contributed by atoms with Crippen LogP contribution in [0.2, 0.25) is 0 Å². The van der Waals surface area contributed by atoms with Crippen LogP contribution in [0.1, 0.15) is 24.0 Å². The number of para-hydroxylation sites is 1. The van der Waals surface area contributed by atoms with Gasteiger partial charge in [-0.25, -0.2) is 8.42 Å². The molecule has 1 saturated heterocycles. The third-order valence-electron chi connectivity index (χ3n) is 5.47. The zero-order chi connectivity index (χ0) is 18.9. The van der Waals surface area contributed by atoms with Crippen LogP contribution in [-0.2, 0) is 22.7 Å². The highest BCUT2D eigenvalue weighted by molar-refractivity contribution is 7.90. The highest BCUT2D eigenvalue weighted by Gasteiger charge is 2.34. The van der Waals surface area contributed by atoms with Crippen molar-refractivity contribution < 1.29 is 13.3 Å². The summed E-state index contributed by atoms with van der Waals surface area (Å²) in [5.74, 6) is 0.418. The molecule has 144 valence electrons. The number of piperidine rings is 1. The van der Waals surface area contributed by atoms with E-state index in [0.29, 0.717) is 5.75 Å². The lowest BCUT2D eigenvalue weighted by Crippen LogP contribution is -2.52. The van der Waals surface area contributed by atoms with Crippen molar-refractivity contribution in [3.8, 4) is 5.75 Å². The Kier molecular flexibility index (Phi) is 5.21. The lowest BCUT2D eigenvalue weighted by molar-refractivity contribution is -0.134. The molecule has 2 aliphatic rings. The zero-order valence-corrected chi connectivity index (χ0v) is 16.4. The van der Waals surface area contributed by atoms with Gasteiger partial charge in [0.05, 0.1) is 12.1 Å². The second-order valence-electron chi connectivity index (χ2n) is 7.50. The first-order valence-electron chi connectivity index (χ1n) is 9.55. The fourth-order valence-electron chi connectivity index (χ4n) is 4.16. The average Bonchev–Trinajstić information content (AvgIpc) is 3.10. The fraction of sp³-hybridized carbons (Fsp3) is 0.429. The number of hydroxylamine groups is 2. The SMILES string of the molecule is CS(=O)(=O)c1ccccc1ON(C1CCCNC1)C1Cc2ccccc2C1. The molecule has 0 amide bonds. The summed E-state index contributed by atoms with van der Waals surface area (Å²) < 4.78 is 24.4. The molecular weight excluding hydrogens is 360 g/mol. The van der Waals surface area contributed by atoms with Crippen LogP contribution < -0.4 is 10.2 Å². The van der Waals surface area contributed by atoms with E-state index in [9.17, 15) is 8.42 Å². The number of hydrogen-bond donors (Lipinski definition) is 1. The summed E-state index contributed by atoms with van der Waals surface area (Å²) >= 11 is 0. The molecule has 2 aromatic rings. The molecule has 0 bridgehead atoms. The van der Waals surface area contributed by atoms with Gasteiger partial charge in [-0.1, -0.05) is 36.4 Å². The van der Waals surface area contributed by atoms with E-state index in [4.69, 9.17) is 4.84 Å². The second-order valence-corrected chi connectivity index (χ2v) is 9.49. The third-order valence-corrected chi connectivity index (χ3v) is 6.61. The van der Waals surface area contributed by atoms with Crippen molar-refractivity contribution >= 4 is 9.84 Å². The highest BCUT2D eigenvalue weighted by atomic mass is 32.2. The van der Waals surface area contributed by atoms with E-state index in [-0.39, 0.29) is 17.0 Å². The molecule has 0 radical (unpaired) electrons. The minimum absolute atomic E-state index is 0.208. The van der Waals surface area contributed by atoms with Crippen LogP contribution in [0, 0.1) is 0 Å². The number of rotatable bonds is 5. The topological polar surface area (TPSA) is 58.6 Å². The standard InChI is InChI=1S/C21H26N2O3S/c1-27(24,25)21-11-5-4-10-20(21)26-23(18-9-6-12-22-15-18)19-13-16-7-2-3-8-17(16)14-19/h2-5,7-8,10-11,18-19,22H,6,9,12-15H2,1H3. The Morgan fingerprint density at radius 2 is 1.67 bits per heavy atom. The molecule has 2 aromatic carbocycles. The van der Waals surface area contributed by atoms with Gasteiger partial charge in [0.1, 0.15) is 4.90 Å². The molecule has 1 N–H and O–H groups in total. The van der Waals surface area contributed by atoms with Crippen molar-refractivity contribution in [1.82, 2.24) is 10.4 Å². The maximum absolute atomic E-state index is 12.2. The average molecular weight is 387 g/mol. The van der Waals surface area contributed by atoms with Gasteiger partial charge in [-0.2, -0.15) is 0 Å². The Bertz CT molecular complexity index is 882. The highest BCUT2D eigenvalue weighted by Crippen LogP contribution is 2.31. The van der Waals surface area contributed by atoms with Crippen LogP contribution >= 0.6 is 0 Å². The quantitative estimate of drug-likeness (QED) is 0.801. The smallest absolute Gasteiger partial charge is 0.179 e.